The van der Waals surface area contributed by atoms with E-state index in [-0.39, 0.29) is 11.0 Å². The molecule has 26 heavy (non-hydrogen) atoms. The third-order valence-corrected chi connectivity index (χ3v) is 5.87. The highest BCUT2D eigenvalue weighted by Gasteiger charge is 2.36. The smallest absolute Gasteiger partial charge is 0.251 e. The van der Waals surface area contributed by atoms with Gasteiger partial charge >= 0.3 is 0 Å². The molecule has 1 aliphatic heterocycles. The Morgan fingerprint density at radius 1 is 1.38 bits per heavy atom. The number of benzene rings is 1. The standard InChI is InChI=1S/C19H24FN5O/c1-4-24-7-5-19(3,6-8-24)15-11(2)23-25-16-13(17(21)26)9-12(20)10-14(16)22-18(15)25/h9-10,23H,4-8H2,1-3H3,(H2,21,26). The minimum Gasteiger partial charge on any atom is -0.366 e. The molecule has 0 unspecified atom stereocenters. The summed E-state index contributed by atoms with van der Waals surface area (Å²) in [6.07, 6.45) is 2.07. The van der Waals surface area contributed by atoms with Gasteiger partial charge in [0.2, 0.25) is 0 Å². The van der Waals surface area contributed by atoms with Gasteiger partial charge < -0.3 is 10.6 Å². The molecule has 7 heteroatoms. The van der Waals surface area contributed by atoms with Crippen molar-refractivity contribution in [1.29, 1.82) is 0 Å². The molecule has 0 spiro atoms. The predicted molar refractivity (Wildman–Crippen MR) is 99.0 cm³/mol. The zero-order valence-corrected chi connectivity index (χ0v) is 15.4. The van der Waals surface area contributed by atoms with Crippen LogP contribution in [-0.2, 0) is 5.41 Å². The molecule has 0 aliphatic carbocycles. The van der Waals surface area contributed by atoms with Gasteiger partial charge in [0, 0.05) is 22.7 Å². The summed E-state index contributed by atoms with van der Waals surface area (Å²) in [5, 5.41) is 3.32. The van der Waals surface area contributed by atoms with E-state index in [1.165, 1.54) is 12.1 Å². The lowest BCUT2D eigenvalue weighted by molar-refractivity contribution is 0.100. The molecule has 0 saturated carbocycles. The molecule has 1 saturated heterocycles. The average molecular weight is 357 g/mol. The number of hydrogen-bond acceptors (Lipinski definition) is 3. The predicted octanol–water partition coefficient (Wildman–Crippen LogP) is 2.74. The number of halogens is 1. The molecule has 1 aromatic carbocycles. The summed E-state index contributed by atoms with van der Waals surface area (Å²) in [6.45, 7) is 9.64. The highest BCUT2D eigenvalue weighted by Crippen LogP contribution is 2.40. The third-order valence-electron chi connectivity index (χ3n) is 5.87. The van der Waals surface area contributed by atoms with E-state index in [4.69, 9.17) is 5.73 Å². The van der Waals surface area contributed by atoms with Crippen LogP contribution >= 0.6 is 0 Å². The Labute approximate surface area is 151 Å². The van der Waals surface area contributed by atoms with Crippen LogP contribution in [0.15, 0.2) is 12.1 Å². The highest BCUT2D eigenvalue weighted by molar-refractivity contribution is 6.05. The van der Waals surface area contributed by atoms with Crippen molar-refractivity contribution in [2.24, 2.45) is 5.73 Å². The number of aromatic amines is 1. The molecule has 138 valence electrons. The van der Waals surface area contributed by atoms with Crippen molar-refractivity contribution >= 4 is 22.6 Å². The number of fused-ring (bicyclic) bond motifs is 3. The quantitative estimate of drug-likeness (QED) is 0.756. The van der Waals surface area contributed by atoms with Gasteiger partial charge in [-0.05, 0) is 45.5 Å². The molecule has 1 aliphatic rings. The van der Waals surface area contributed by atoms with E-state index in [0.29, 0.717) is 11.0 Å². The first-order valence-corrected chi connectivity index (χ1v) is 9.07. The van der Waals surface area contributed by atoms with E-state index in [1.54, 1.807) is 4.52 Å². The van der Waals surface area contributed by atoms with Gasteiger partial charge in [0.25, 0.3) is 5.91 Å². The van der Waals surface area contributed by atoms with Gasteiger partial charge in [0.15, 0.2) is 5.65 Å². The largest absolute Gasteiger partial charge is 0.366 e. The van der Waals surface area contributed by atoms with E-state index in [0.717, 1.165) is 49.4 Å². The van der Waals surface area contributed by atoms with Gasteiger partial charge in [-0.1, -0.05) is 13.8 Å². The second-order valence-electron chi connectivity index (χ2n) is 7.56. The first-order valence-electron chi connectivity index (χ1n) is 9.07. The number of imidazole rings is 1. The second kappa shape index (κ2) is 5.81. The SMILES string of the molecule is CCN1CCC(C)(c2c(C)[nH]n3c2nc2cc(F)cc(C(N)=O)c23)CC1. The van der Waals surface area contributed by atoms with Gasteiger partial charge in [-0.25, -0.2) is 13.9 Å². The molecular formula is C19H24FN5O. The van der Waals surface area contributed by atoms with Gasteiger partial charge in [0.1, 0.15) is 11.3 Å². The molecule has 1 fully saturated rings. The molecule has 0 radical (unpaired) electrons. The number of aryl methyl sites for hydroxylation is 1. The Kier molecular flexibility index (Phi) is 3.80. The van der Waals surface area contributed by atoms with Crippen LogP contribution in [0.5, 0.6) is 0 Å². The second-order valence-corrected chi connectivity index (χ2v) is 7.56. The number of nitrogens with two attached hydrogens (primary N) is 1. The number of nitrogens with one attached hydrogen (secondary N) is 1. The Balaban J connectivity index is 1.93. The number of piperidine rings is 1. The number of likely N-dealkylation sites (tertiary alicyclic amines) is 1. The van der Waals surface area contributed by atoms with Gasteiger partial charge in [-0.3, -0.25) is 9.89 Å². The van der Waals surface area contributed by atoms with E-state index in [1.807, 2.05) is 6.92 Å². The fraction of sp³-hybridized carbons (Fsp3) is 0.474. The molecule has 6 nitrogen and oxygen atoms in total. The van der Waals surface area contributed by atoms with Gasteiger partial charge in [-0.15, -0.1) is 0 Å². The average Bonchev–Trinajstić information content (AvgIpc) is 3.08. The van der Waals surface area contributed by atoms with Crippen LogP contribution < -0.4 is 5.73 Å². The van der Waals surface area contributed by atoms with Gasteiger partial charge in [0.05, 0.1) is 11.1 Å². The Morgan fingerprint density at radius 2 is 2.08 bits per heavy atom. The molecule has 3 heterocycles. The fourth-order valence-corrected chi connectivity index (χ4v) is 4.37. The summed E-state index contributed by atoms with van der Waals surface area (Å²) in [4.78, 5) is 18.9. The molecule has 2 aromatic heterocycles. The van der Waals surface area contributed by atoms with Crippen LogP contribution in [0.3, 0.4) is 0 Å². The van der Waals surface area contributed by atoms with Crippen molar-refractivity contribution in [3.63, 3.8) is 0 Å². The molecule has 1 amide bonds. The number of nitrogens with zero attached hydrogens (tertiary/aromatic N) is 3. The summed E-state index contributed by atoms with van der Waals surface area (Å²) in [7, 11) is 0. The normalized spacial score (nSPS) is 18.0. The number of hydrogen-bond donors (Lipinski definition) is 2. The first-order chi connectivity index (χ1) is 12.3. The number of primary amides is 1. The minimum atomic E-state index is -0.660. The van der Waals surface area contributed by atoms with E-state index >= 15 is 0 Å². The maximum absolute atomic E-state index is 13.9. The zero-order chi connectivity index (χ0) is 18.6. The third kappa shape index (κ3) is 2.41. The fourth-order valence-electron chi connectivity index (χ4n) is 4.37. The van der Waals surface area contributed by atoms with Gasteiger partial charge in [-0.2, -0.15) is 0 Å². The number of carbonyl (C=O) groups is 1. The summed E-state index contributed by atoms with van der Waals surface area (Å²) in [6, 6.07) is 2.53. The van der Waals surface area contributed by atoms with Crippen LogP contribution in [0.25, 0.3) is 16.7 Å². The van der Waals surface area contributed by atoms with Crippen molar-refractivity contribution in [2.45, 2.75) is 39.0 Å². The minimum absolute atomic E-state index is 0.0101. The Hall–Kier alpha value is -2.41. The summed E-state index contributed by atoms with van der Waals surface area (Å²) in [5.74, 6) is -1.17. The van der Waals surface area contributed by atoms with E-state index < -0.39 is 11.7 Å². The van der Waals surface area contributed by atoms with Crippen molar-refractivity contribution in [2.75, 3.05) is 19.6 Å². The van der Waals surface area contributed by atoms with Crippen LogP contribution in [0.4, 0.5) is 4.39 Å². The Bertz CT molecular complexity index is 1010. The lowest BCUT2D eigenvalue weighted by Gasteiger charge is -2.39. The molecule has 3 N–H and O–H groups in total. The summed E-state index contributed by atoms with van der Waals surface area (Å²) < 4.78 is 15.7. The molecule has 0 atom stereocenters. The first kappa shape index (κ1) is 17.0. The number of H-pyrrole nitrogens is 1. The maximum atomic E-state index is 13.9. The topological polar surface area (TPSA) is 79.4 Å². The lowest BCUT2D eigenvalue weighted by Crippen LogP contribution is -2.41. The van der Waals surface area contributed by atoms with Crippen LogP contribution in [0.2, 0.25) is 0 Å². The number of carbonyl (C=O) groups excluding carboxylic acids is 1. The van der Waals surface area contributed by atoms with Crippen molar-refractivity contribution in [3.8, 4) is 0 Å². The maximum Gasteiger partial charge on any atom is 0.251 e. The van der Waals surface area contributed by atoms with Crippen molar-refractivity contribution in [3.05, 3.63) is 34.8 Å². The summed E-state index contributed by atoms with van der Waals surface area (Å²) in [5.41, 5.74) is 9.54. The highest BCUT2D eigenvalue weighted by atomic mass is 19.1. The van der Waals surface area contributed by atoms with E-state index in [9.17, 15) is 9.18 Å². The number of amides is 1. The van der Waals surface area contributed by atoms with Crippen LogP contribution in [0, 0.1) is 12.7 Å². The Morgan fingerprint density at radius 3 is 2.69 bits per heavy atom. The molecule has 0 bridgehead atoms. The number of aromatic nitrogens is 3. The van der Waals surface area contributed by atoms with Crippen LogP contribution in [0.1, 0.15) is 48.3 Å². The molecular weight excluding hydrogens is 333 g/mol. The molecule has 3 aromatic rings. The molecule has 4 rings (SSSR count). The monoisotopic (exact) mass is 357 g/mol. The summed E-state index contributed by atoms with van der Waals surface area (Å²) >= 11 is 0. The van der Waals surface area contributed by atoms with Crippen molar-refractivity contribution in [1.82, 2.24) is 19.5 Å². The van der Waals surface area contributed by atoms with Crippen LogP contribution in [-0.4, -0.2) is 45.0 Å². The van der Waals surface area contributed by atoms with E-state index in [2.05, 4.69) is 28.8 Å². The zero-order valence-electron chi connectivity index (χ0n) is 15.4. The number of rotatable bonds is 3. The van der Waals surface area contributed by atoms with Crippen molar-refractivity contribution < 1.29 is 9.18 Å². The lowest BCUT2D eigenvalue weighted by atomic mass is 9.74.